The standard InChI is InChI=1S/C5H3F3N2S/c6-5(7,8)4-3(2-11)1-9-10-4/h1-2H,(H,9,10). The van der Waals surface area contributed by atoms with Crippen molar-refractivity contribution in [2.24, 2.45) is 0 Å². The van der Waals surface area contributed by atoms with Gasteiger partial charge < -0.3 is 0 Å². The van der Waals surface area contributed by atoms with Crippen LogP contribution in [-0.2, 0) is 6.18 Å². The summed E-state index contributed by atoms with van der Waals surface area (Å²) in [5.74, 6) is 0. The second-order valence-corrected chi connectivity index (χ2v) is 2.05. The second kappa shape index (κ2) is 2.61. The molecule has 0 fully saturated rings. The van der Waals surface area contributed by atoms with E-state index in [1.807, 2.05) is 5.10 Å². The Morgan fingerprint density at radius 2 is 2.18 bits per heavy atom. The molecule has 60 valence electrons. The van der Waals surface area contributed by atoms with Gasteiger partial charge in [0.25, 0.3) is 0 Å². The van der Waals surface area contributed by atoms with Crippen LogP contribution in [0.5, 0.6) is 0 Å². The number of H-pyrrole nitrogens is 1. The number of hydrogen-bond donors (Lipinski definition) is 1. The summed E-state index contributed by atoms with van der Waals surface area (Å²) >= 11 is 4.34. The molecule has 0 atom stereocenters. The molecule has 11 heavy (non-hydrogen) atoms. The molecule has 0 aliphatic rings. The molecule has 0 aliphatic heterocycles. The minimum atomic E-state index is -4.40. The zero-order valence-corrected chi connectivity index (χ0v) is 5.96. The Morgan fingerprint density at radius 3 is 2.55 bits per heavy atom. The summed E-state index contributed by atoms with van der Waals surface area (Å²) in [6.07, 6.45) is -3.36. The Morgan fingerprint density at radius 1 is 1.55 bits per heavy atom. The van der Waals surface area contributed by atoms with Crippen molar-refractivity contribution in [2.45, 2.75) is 6.18 Å². The van der Waals surface area contributed by atoms with E-state index in [9.17, 15) is 13.2 Å². The molecular weight excluding hydrogens is 177 g/mol. The van der Waals surface area contributed by atoms with E-state index in [1.165, 1.54) is 0 Å². The van der Waals surface area contributed by atoms with Gasteiger partial charge in [0.15, 0.2) is 0 Å². The Bertz CT molecular complexity index is 265. The molecule has 1 heterocycles. The molecule has 1 N–H and O–H groups in total. The molecule has 0 saturated heterocycles. The Kier molecular flexibility index (Phi) is 1.95. The normalized spacial score (nSPS) is 11.5. The van der Waals surface area contributed by atoms with Crippen molar-refractivity contribution in [3.8, 4) is 0 Å². The summed E-state index contributed by atoms with van der Waals surface area (Å²) in [6, 6.07) is 0. The highest BCUT2D eigenvalue weighted by molar-refractivity contribution is 7.79. The molecule has 0 bridgehead atoms. The number of hydrogen-bond acceptors (Lipinski definition) is 2. The summed E-state index contributed by atoms with van der Waals surface area (Å²) in [4.78, 5) is 0. The maximum Gasteiger partial charge on any atom is 0.433 e. The van der Waals surface area contributed by atoms with Gasteiger partial charge in [0.05, 0.1) is 6.20 Å². The molecule has 0 amide bonds. The van der Waals surface area contributed by atoms with E-state index in [2.05, 4.69) is 17.3 Å². The predicted octanol–water partition coefficient (Wildman–Crippen LogP) is 1.78. The van der Waals surface area contributed by atoms with Crippen LogP contribution in [0, 0.1) is 0 Å². The molecule has 0 radical (unpaired) electrons. The van der Waals surface area contributed by atoms with Crippen molar-refractivity contribution < 1.29 is 13.2 Å². The van der Waals surface area contributed by atoms with E-state index >= 15 is 0 Å². The number of aromatic nitrogens is 2. The lowest BCUT2D eigenvalue weighted by Crippen LogP contribution is -2.08. The lowest BCUT2D eigenvalue weighted by atomic mass is 10.3. The summed E-state index contributed by atoms with van der Waals surface area (Å²) in [6.45, 7) is 0. The van der Waals surface area contributed by atoms with Gasteiger partial charge in [-0.3, -0.25) is 5.10 Å². The minimum Gasteiger partial charge on any atom is -0.273 e. The van der Waals surface area contributed by atoms with Crippen molar-refractivity contribution in [1.82, 2.24) is 10.2 Å². The average Bonchev–Trinajstić information content (AvgIpc) is 2.31. The lowest BCUT2D eigenvalue weighted by Gasteiger charge is -2.02. The number of rotatable bonds is 1. The van der Waals surface area contributed by atoms with Gasteiger partial charge in [-0.05, 0) is 0 Å². The number of thiocarbonyl (C=S) groups is 1. The van der Waals surface area contributed by atoms with Crippen molar-refractivity contribution in [1.29, 1.82) is 0 Å². The number of halogens is 3. The molecule has 0 aliphatic carbocycles. The van der Waals surface area contributed by atoms with Gasteiger partial charge in [-0.1, -0.05) is 12.2 Å². The van der Waals surface area contributed by atoms with Crippen LogP contribution >= 0.6 is 12.2 Å². The van der Waals surface area contributed by atoms with Crippen LogP contribution in [0.4, 0.5) is 13.2 Å². The van der Waals surface area contributed by atoms with Crippen LogP contribution in [0.1, 0.15) is 11.3 Å². The van der Waals surface area contributed by atoms with Gasteiger partial charge in [-0.25, -0.2) is 0 Å². The van der Waals surface area contributed by atoms with E-state index in [-0.39, 0.29) is 5.56 Å². The first-order chi connectivity index (χ1) is 5.05. The quantitative estimate of drug-likeness (QED) is 0.667. The van der Waals surface area contributed by atoms with Crippen LogP contribution in [0.15, 0.2) is 6.20 Å². The molecule has 0 spiro atoms. The van der Waals surface area contributed by atoms with Crippen molar-refractivity contribution in [3.05, 3.63) is 17.5 Å². The average molecular weight is 180 g/mol. The second-order valence-electron chi connectivity index (χ2n) is 1.82. The molecule has 0 unspecified atom stereocenters. The fraction of sp³-hybridized carbons (Fsp3) is 0.200. The monoisotopic (exact) mass is 180 g/mol. The highest BCUT2D eigenvalue weighted by atomic mass is 32.1. The van der Waals surface area contributed by atoms with Gasteiger partial charge in [0, 0.05) is 10.9 Å². The first-order valence-electron chi connectivity index (χ1n) is 2.61. The smallest absolute Gasteiger partial charge is 0.273 e. The van der Waals surface area contributed by atoms with E-state index in [0.717, 1.165) is 11.6 Å². The third-order valence-corrected chi connectivity index (χ3v) is 1.33. The number of nitrogens with one attached hydrogen (secondary N) is 1. The highest BCUT2D eigenvalue weighted by Crippen LogP contribution is 2.29. The largest absolute Gasteiger partial charge is 0.433 e. The molecule has 6 heteroatoms. The number of nitrogens with zero attached hydrogens (tertiary/aromatic N) is 1. The summed E-state index contributed by atoms with van der Waals surface area (Å²) < 4.78 is 35.8. The molecule has 0 aromatic carbocycles. The van der Waals surface area contributed by atoms with E-state index in [1.54, 1.807) is 0 Å². The zero-order chi connectivity index (χ0) is 8.48. The topological polar surface area (TPSA) is 28.7 Å². The third kappa shape index (κ3) is 1.56. The van der Waals surface area contributed by atoms with Gasteiger partial charge in [0.2, 0.25) is 0 Å². The van der Waals surface area contributed by atoms with Crippen LogP contribution in [-0.4, -0.2) is 15.6 Å². The molecule has 1 rings (SSSR count). The first kappa shape index (κ1) is 8.19. The van der Waals surface area contributed by atoms with E-state index < -0.39 is 11.9 Å². The third-order valence-electron chi connectivity index (χ3n) is 1.08. The number of aromatic amines is 1. The summed E-state index contributed by atoms with van der Waals surface area (Å²) in [7, 11) is 0. The molecule has 1 aromatic heterocycles. The van der Waals surface area contributed by atoms with Crippen LogP contribution in [0.25, 0.3) is 0 Å². The fourth-order valence-corrected chi connectivity index (χ4v) is 0.791. The predicted molar refractivity (Wildman–Crippen MR) is 36.3 cm³/mol. The maximum absolute atomic E-state index is 11.9. The van der Waals surface area contributed by atoms with E-state index in [0.29, 0.717) is 0 Å². The van der Waals surface area contributed by atoms with Gasteiger partial charge >= 0.3 is 6.18 Å². The minimum absolute atomic E-state index is 0.104. The summed E-state index contributed by atoms with van der Waals surface area (Å²) in [5, 5.41) is 5.98. The lowest BCUT2D eigenvalue weighted by molar-refractivity contribution is -0.141. The zero-order valence-electron chi connectivity index (χ0n) is 5.14. The van der Waals surface area contributed by atoms with E-state index in [4.69, 9.17) is 0 Å². The molecule has 0 saturated carbocycles. The Balaban J connectivity index is 3.12. The SMILES string of the molecule is FC(F)(F)c1[nH]ncc1C=S. The Labute approximate surface area is 65.4 Å². The molecular formula is C5H3F3N2S. The fourth-order valence-electron chi connectivity index (χ4n) is 0.612. The van der Waals surface area contributed by atoms with Crippen LogP contribution in [0.2, 0.25) is 0 Å². The van der Waals surface area contributed by atoms with Crippen molar-refractivity contribution >= 4 is 17.6 Å². The summed E-state index contributed by atoms with van der Waals surface area (Å²) in [5.41, 5.74) is -1.00. The molecule has 2 nitrogen and oxygen atoms in total. The Hall–Kier alpha value is -0.910. The van der Waals surface area contributed by atoms with Gasteiger partial charge in [0.1, 0.15) is 5.69 Å². The maximum atomic E-state index is 11.9. The highest BCUT2D eigenvalue weighted by Gasteiger charge is 2.34. The van der Waals surface area contributed by atoms with Gasteiger partial charge in [-0.15, -0.1) is 0 Å². The van der Waals surface area contributed by atoms with Crippen LogP contribution < -0.4 is 0 Å². The first-order valence-corrected chi connectivity index (χ1v) is 3.08. The van der Waals surface area contributed by atoms with Gasteiger partial charge in [-0.2, -0.15) is 18.3 Å². The number of alkyl halides is 3. The molecule has 1 aromatic rings. The van der Waals surface area contributed by atoms with Crippen molar-refractivity contribution in [3.63, 3.8) is 0 Å². The van der Waals surface area contributed by atoms with Crippen LogP contribution in [0.3, 0.4) is 0 Å². The van der Waals surface area contributed by atoms with Crippen molar-refractivity contribution in [2.75, 3.05) is 0 Å².